The lowest BCUT2D eigenvalue weighted by molar-refractivity contribution is -0.268. The van der Waals surface area contributed by atoms with Crippen LogP contribution in [0.1, 0.15) is 48.5 Å². The summed E-state index contributed by atoms with van der Waals surface area (Å²) in [5.74, 6) is 0.843. The largest absolute Gasteiger partial charge is 0.392 e. The molecule has 0 spiro atoms. The molecule has 220 valence electrons. The second-order valence-corrected chi connectivity index (χ2v) is 11.5. The van der Waals surface area contributed by atoms with Crippen LogP contribution in [-0.4, -0.2) is 39.1 Å². The highest BCUT2D eigenvalue weighted by molar-refractivity contribution is 7.99. The van der Waals surface area contributed by atoms with Crippen LogP contribution in [0.15, 0.2) is 90.3 Å². The molecule has 2 amide bonds. The lowest BCUT2D eigenvalue weighted by Gasteiger charge is -2.41. The lowest BCUT2D eigenvalue weighted by atomic mass is 9.91. The first kappa shape index (κ1) is 29.8. The van der Waals surface area contributed by atoms with Crippen molar-refractivity contribution in [3.8, 4) is 11.1 Å². The highest BCUT2D eigenvalue weighted by Gasteiger charge is 2.38. The molecule has 0 saturated carbocycles. The van der Waals surface area contributed by atoms with Crippen molar-refractivity contribution >= 4 is 17.8 Å². The van der Waals surface area contributed by atoms with E-state index in [0.29, 0.717) is 13.1 Å². The average Bonchev–Trinajstić information content (AvgIpc) is 3.44. The Labute approximate surface area is 251 Å². The first-order valence-corrected chi connectivity index (χ1v) is 15.3. The molecule has 1 aliphatic heterocycles. The van der Waals surface area contributed by atoms with Crippen LogP contribution in [0.25, 0.3) is 11.1 Å². The molecule has 1 aromatic heterocycles. The van der Waals surface area contributed by atoms with Gasteiger partial charge in [-0.2, -0.15) is 0 Å². The highest BCUT2D eigenvalue weighted by atomic mass is 32.2. The van der Waals surface area contributed by atoms with Crippen LogP contribution in [0.4, 0.5) is 4.79 Å². The van der Waals surface area contributed by atoms with E-state index in [4.69, 9.17) is 9.47 Å². The van der Waals surface area contributed by atoms with Gasteiger partial charge in [0.25, 0.3) is 0 Å². The van der Waals surface area contributed by atoms with E-state index in [2.05, 4.69) is 58.9 Å². The third-order valence-electron chi connectivity index (χ3n) is 7.51. The summed E-state index contributed by atoms with van der Waals surface area (Å²) in [4.78, 5) is 16.3. The Kier molecular flexibility index (Phi) is 9.97. The van der Waals surface area contributed by atoms with Gasteiger partial charge in [-0.15, -0.1) is 0 Å². The number of nitrogens with one attached hydrogen (secondary N) is 2. The van der Waals surface area contributed by atoms with Crippen molar-refractivity contribution in [2.24, 2.45) is 13.0 Å². The van der Waals surface area contributed by atoms with Crippen molar-refractivity contribution in [3.05, 3.63) is 107 Å². The third kappa shape index (κ3) is 7.22. The minimum Gasteiger partial charge on any atom is -0.392 e. The van der Waals surface area contributed by atoms with Crippen molar-refractivity contribution in [2.45, 2.75) is 50.7 Å². The predicted molar refractivity (Wildman–Crippen MR) is 165 cm³/mol. The molecule has 1 fully saturated rings. The van der Waals surface area contributed by atoms with Crippen LogP contribution in [0.2, 0.25) is 0 Å². The Bertz CT molecular complexity index is 1460. The maximum Gasteiger partial charge on any atom is 0.315 e. The molecule has 1 saturated heterocycles. The van der Waals surface area contributed by atoms with Gasteiger partial charge in [-0.3, -0.25) is 0 Å². The molecule has 9 heteroatoms. The van der Waals surface area contributed by atoms with E-state index in [1.54, 1.807) is 11.8 Å². The number of benzene rings is 3. The maximum absolute atomic E-state index is 11.8. The number of urea groups is 1. The minimum absolute atomic E-state index is 0.00990. The number of carbonyl (C=O) groups is 1. The maximum atomic E-state index is 11.8. The molecule has 4 atom stereocenters. The van der Waals surface area contributed by atoms with Crippen molar-refractivity contribution in [2.75, 3.05) is 12.3 Å². The minimum atomic E-state index is -0.530. The molecule has 5 rings (SSSR count). The van der Waals surface area contributed by atoms with Crippen molar-refractivity contribution in [3.63, 3.8) is 0 Å². The third-order valence-corrected chi connectivity index (χ3v) is 8.66. The molecule has 8 nitrogen and oxygen atoms in total. The molecule has 4 aromatic rings. The standard InChI is InChI=1S/C33H38N4O4S/c1-4-34-32(39)36-19-24-6-5-7-28(18-24)25-12-14-27(15-13-25)31-40-29(21-42-33-35-16-17-37(33)3)22(2)30(41-31)26-10-8-23(20-38)9-11-26/h5-18,22,29-31,38H,4,19-21H2,1-3H3,(H2,34,36,39)/t22-,29+,30+,31+/m0/s1. The van der Waals surface area contributed by atoms with E-state index >= 15 is 0 Å². The molecule has 0 radical (unpaired) electrons. The van der Waals surface area contributed by atoms with Crippen molar-refractivity contribution in [1.82, 2.24) is 20.2 Å². The van der Waals surface area contributed by atoms with Crippen LogP contribution in [0.3, 0.4) is 0 Å². The topological polar surface area (TPSA) is 97.6 Å². The number of ether oxygens (including phenoxy) is 2. The number of aliphatic hydroxyl groups is 1. The van der Waals surface area contributed by atoms with Gasteiger partial charge in [-0.1, -0.05) is 85.4 Å². The van der Waals surface area contributed by atoms with Crippen molar-refractivity contribution < 1.29 is 19.4 Å². The van der Waals surface area contributed by atoms with Gasteiger partial charge < -0.3 is 29.8 Å². The zero-order valence-electron chi connectivity index (χ0n) is 24.2. The first-order chi connectivity index (χ1) is 20.4. The first-order valence-electron chi connectivity index (χ1n) is 14.3. The fourth-order valence-electron chi connectivity index (χ4n) is 5.06. The van der Waals surface area contributed by atoms with Gasteiger partial charge in [0.15, 0.2) is 11.4 Å². The summed E-state index contributed by atoms with van der Waals surface area (Å²) in [6.07, 6.45) is 2.99. The number of amides is 2. The second kappa shape index (κ2) is 14.0. The van der Waals surface area contributed by atoms with Gasteiger partial charge >= 0.3 is 6.03 Å². The Balaban J connectivity index is 1.34. The van der Waals surface area contributed by atoms with E-state index in [0.717, 1.165) is 44.3 Å². The molecule has 3 aromatic carbocycles. The number of aromatic nitrogens is 2. The summed E-state index contributed by atoms with van der Waals surface area (Å²) in [6.45, 7) is 5.12. The molecule has 0 unspecified atom stereocenters. The zero-order chi connectivity index (χ0) is 29.5. The fraction of sp³-hybridized carbons (Fsp3) is 0.333. The Morgan fingerprint density at radius 3 is 2.43 bits per heavy atom. The van der Waals surface area contributed by atoms with E-state index in [1.165, 1.54) is 0 Å². The summed E-state index contributed by atoms with van der Waals surface area (Å²) >= 11 is 1.68. The average molecular weight is 587 g/mol. The number of nitrogens with zero attached hydrogens (tertiary/aromatic N) is 2. The van der Waals surface area contributed by atoms with E-state index in [1.807, 2.05) is 67.3 Å². The molecule has 0 aliphatic carbocycles. The Hall–Kier alpha value is -3.63. The number of carbonyl (C=O) groups excluding carboxylic acids is 1. The SMILES string of the molecule is CCNC(=O)NCc1cccc(-c2ccc([C@@H]3O[C@H](CSc4nccn4C)[C@H](C)[C@H](c4ccc(CO)cc4)O3)cc2)c1. The van der Waals surface area contributed by atoms with Gasteiger partial charge in [0.1, 0.15) is 0 Å². The smallest absolute Gasteiger partial charge is 0.315 e. The number of rotatable bonds is 10. The van der Waals surface area contributed by atoms with Crippen LogP contribution in [-0.2, 0) is 29.7 Å². The zero-order valence-corrected chi connectivity index (χ0v) is 25.0. The number of thioether (sulfide) groups is 1. The van der Waals surface area contributed by atoms with Crippen LogP contribution < -0.4 is 10.6 Å². The van der Waals surface area contributed by atoms with Crippen LogP contribution in [0.5, 0.6) is 0 Å². The quantitative estimate of drug-likeness (QED) is 0.198. The molecule has 2 heterocycles. The number of aliphatic hydroxyl groups excluding tert-OH is 1. The number of aryl methyl sites for hydroxylation is 1. The summed E-state index contributed by atoms with van der Waals surface area (Å²) in [5.41, 5.74) is 6.05. The molecule has 42 heavy (non-hydrogen) atoms. The van der Waals surface area contributed by atoms with Crippen molar-refractivity contribution in [1.29, 1.82) is 0 Å². The van der Waals surface area contributed by atoms with Gasteiger partial charge in [-0.05, 0) is 40.8 Å². The van der Waals surface area contributed by atoms with Gasteiger partial charge in [-0.25, -0.2) is 9.78 Å². The highest BCUT2D eigenvalue weighted by Crippen LogP contribution is 2.43. The summed E-state index contributed by atoms with van der Waals surface area (Å²) in [5, 5.41) is 16.1. The second-order valence-electron chi connectivity index (χ2n) is 10.5. The monoisotopic (exact) mass is 586 g/mol. The number of hydrogen-bond acceptors (Lipinski definition) is 6. The van der Waals surface area contributed by atoms with Gasteiger partial charge in [0, 0.05) is 49.8 Å². The fourth-order valence-corrected chi connectivity index (χ4v) is 6.15. The normalized spacial score (nSPS) is 20.3. The Morgan fingerprint density at radius 2 is 1.74 bits per heavy atom. The molecular weight excluding hydrogens is 548 g/mol. The molecule has 1 aliphatic rings. The lowest BCUT2D eigenvalue weighted by Crippen LogP contribution is -2.38. The van der Waals surface area contributed by atoms with Gasteiger partial charge in [0.05, 0.1) is 18.8 Å². The van der Waals surface area contributed by atoms with E-state index in [9.17, 15) is 9.90 Å². The molecule has 0 bridgehead atoms. The summed E-state index contributed by atoms with van der Waals surface area (Å²) in [6, 6.07) is 24.2. The van der Waals surface area contributed by atoms with Gasteiger partial charge in [0.2, 0.25) is 0 Å². The predicted octanol–water partition coefficient (Wildman–Crippen LogP) is 5.98. The summed E-state index contributed by atoms with van der Waals surface area (Å²) < 4.78 is 15.2. The molecule has 3 N–H and O–H groups in total. The number of imidazole rings is 1. The van der Waals surface area contributed by atoms with Crippen LogP contribution in [0, 0.1) is 5.92 Å². The summed E-state index contributed by atoms with van der Waals surface area (Å²) in [7, 11) is 1.99. The Morgan fingerprint density at radius 1 is 0.976 bits per heavy atom. The van der Waals surface area contributed by atoms with E-state index in [-0.39, 0.29) is 30.8 Å². The van der Waals surface area contributed by atoms with E-state index < -0.39 is 6.29 Å². The van der Waals surface area contributed by atoms with Crippen LogP contribution >= 0.6 is 11.8 Å². The number of hydrogen-bond donors (Lipinski definition) is 3. The molecular formula is C33H38N4O4S.